The summed E-state index contributed by atoms with van der Waals surface area (Å²) in [6.07, 6.45) is 0.0325. The molecule has 2 aromatic rings. The van der Waals surface area contributed by atoms with Gasteiger partial charge in [0.25, 0.3) is 0 Å². The van der Waals surface area contributed by atoms with Gasteiger partial charge in [-0.25, -0.2) is 4.68 Å². The fourth-order valence-electron chi connectivity index (χ4n) is 2.59. The van der Waals surface area contributed by atoms with Gasteiger partial charge in [-0.15, -0.1) is 5.10 Å². The molecule has 3 rings (SSSR count). The van der Waals surface area contributed by atoms with Crippen molar-refractivity contribution in [3.05, 3.63) is 23.2 Å². The van der Waals surface area contributed by atoms with Gasteiger partial charge in [0.2, 0.25) is 0 Å². The number of fused-ring (bicyclic) bond motifs is 1. The maximum atomic E-state index is 6.00. The van der Waals surface area contributed by atoms with Crippen LogP contribution >= 0.6 is 11.6 Å². The summed E-state index contributed by atoms with van der Waals surface area (Å²) in [5.74, 6) is 0. The molecule has 1 fully saturated rings. The van der Waals surface area contributed by atoms with Crippen LogP contribution in [0.4, 0.5) is 0 Å². The maximum absolute atomic E-state index is 6.00. The maximum Gasteiger partial charge on any atom is 0.162 e. The summed E-state index contributed by atoms with van der Waals surface area (Å²) in [5, 5.41) is 9.22. The molecule has 0 saturated carbocycles. The Morgan fingerprint density at radius 2 is 2.05 bits per heavy atom. The Hall–Kier alpha value is -1.21. The van der Waals surface area contributed by atoms with E-state index in [0.29, 0.717) is 5.02 Å². The molecule has 0 N–H and O–H groups in total. The van der Waals surface area contributed by atoms with E-state index in [1.54, 1.807) is 0 Å². The Balaban J connectivity index is 2.00. The van der Waals surface area contributed by atoms with E-state index in [-0.39, 0.29) is 6.29 Å². The van der Waals surface area contributed by atoms with Gasteiger partial charge in [-0.05, 0) is 32.3 Å². The molecule has 1 atom stereocenters. The zero-order chi connectivity index (χ0) is 14.1. The van der Waals surface area contributed by atoms with Gasteiger partial charge in [0.05, 0.1) is 18.7 Å². The van der Waals surface area contributed by atoms with Crippen molar-refractivity contribution in [2.75, 3.05) is 40.4 Å². The van der Waals surface area contributed by atoms with Crippen molar-refractivity contribution in [3.63, 3.8) is 0 Å². The predicted octanol–water partition coefficient (Wildman–Crippen LogP) is 1.43. The molecule has 1 unspecified atom stereocenters. The fourth-order valence-corrected chi connectivity index (χ4v) is 2.76. The number of aromatic nitrogens is 3. The summed E-state index contributed by atoms with van der Waals surface area (Å²) >= 11 is 6.00. The van der Waals surface area contributed by atoms with E-state index in [4.69, 9.17) is 16.3 Å². The molecule has 7 heteroatoms. The van der Waals surface area contributed by atoms with Gasteiger partial charge in [0.1, 0.15) is 5.52 Å². The zero-order valence-corrected chi connectivity index (χ0v) is 12.4. The number of benzene rings is 1. The van der Waals surface area contributed by atoms with Crippen molar-refractivity contribution in [1.82, 2.24) is 24.8 Å². The molecule has 1 saturated heterocycles. The van der Waals surface area contributed by atoms with Gasteiger partial charge in [0.15, 0.2) is 6.29 Å². The molecule has 1 aromatic carbocycles. The average molecular weight is 296 g/mol. The second-order valence-corrected chi connectivity index (χ2v) is 5.56. The third-order valence-corrected chi connectivity index (χ3v) is 3.72. The van der Waals surface area contributed by atoms with Crippen LogP contribution in [0.2, 0.25) is 5.02 Å². The van der Waals surface area contributed by atoms with Crippen molar-refractivity contribution in [2.45, 2.75) is 6.29 Å². The van der Waals surface area contributed by atoms with Crippen LogP contribution in [0.15, 0.2) is 18.2 Å². The fraction of sp³-hybridized carbons (Fsp3) is 0.538. The van der Waals surface area contributed by atoms with Crippen molar-refractivity contribution in [3.8, 4) is 0 Å². The SMILES string of the molecule is CN(C)C(N1CCOCC1)n1nnc2cc(Cl)ccc21. The molecule has 0 aliphatic carbocycles. The van der Waals surface area contributed by atoms with Crippen LogP contribution in [0.5, 0.6) is 0 Å². The molecule has 6 nitrogen and oxygen atoms in total. The zero-order valence-electron chi connectivity index (χ0n) is 11.7. The number of morpholine rings is 1. The van der Waals surface area contributed by atoms with Crippen LogP contribution in [-0.4, -0.2) is 65.2 Å². The average Bonchev–Trinajstić information content (AvgIpc) is 2.83. The second-order valence-electron chi connectivity index (χ2n) is 5.13. The number of nitrogens with zero attached hydrogens (tertiary/aromatic N) is 5. The molecule has 1 aliphatic heterocycles. The molecule has 108 valence electrons. The van der Waals surface area contributed by atoms with Crippen molar-refractivity contribution >= 4 is 22.6 Å². The third kappa shape index (κ3) is 2.52. The topological polar surface area (TPSA) is 46.4 Å². The van der Waals surface area contributed by atoms with Crippen LogP contribution in [0, 0.1) is 0 Å². The Morgan fingerprint density at radius 3 is 2.75 bits per heavy atom. The van der Waals surface area contributed by atoms with Crippen molar-refractivity contribution in [2.24, 2.45) is 0 Å². The van der Waals surface area contributed by atoms with Crippen LogP contribution in [0.1, 0.15) is 6.29 Å². The van der Waals surface area contributed by atoms with Crippen molar-refractivity contribution < 1.29 is 4.74 Å². The van der Waals surface area contributed by atoms with E-state index in [9.17, 15) is 0 Å². The summed E-state index contributed by atoms with van der Waals surface area (Å²) < 4.78 is 7.37. The summed E-state index contributed by atoms with van der Waals surface area (Å²) in [7, 11) is 4.09. The lowest BCUT2D eigenvalue weighted by Crippen LogP contribution is -2.47. The highest BCUT2D eigenvalue weighted by Crippen LogP contribution is 2.23. The standard InChI is InChI=1S/C13H18ClN5O/c1-17(2)13(18-5-7-20-8-6-18)19-12-4-3-10(14)9-11(12)15-16-19/h3-4,9,13H,5-8H2,1-2H3. The first-order chi connectivity index (χ1) is 9.66. The quantitative estimate of drug-likeness (QED) is 0.857. The first-order valence-corrected chi connectivity index (χ1v) is 7.03. The van der Waals surface area contributed by atoms with Crippen LogP contribution in [-0.2, 0) is 4.74 Å². The van der Waals surface area contributed by atoms with E-state index in [1.165, 1.54) is 0 Å². The highest BCUT2D eigenvalue weighted by atomic mass is 35.5. The molecule has 1 aliphatic rings. The first-order valence-electron chi connectivity index (χ1n) is 6.65. The van der Waals surface area contributed by atoms with E-state index < -0.39 is 0 Å². The number of hydrogen-bond acceptors (Lipinski definition) is 5. The lowest BCUT2D eigenvalue weighted by atomic mass is 10.3. The number of ether oxygens (including phenoxy) is 1. The minimum absolute atomic E-state index is 0.0325. The van der Waals surface area contributed by atoms with Gasteiger partial charge in [0, 0.05) is 18.1 Å². The predicted molar refractivity (Wildman–Crippen MR) is 77.7 cm³/mol. The number of rotatable bonds is 3. The second kappa shape index (κ2) is 5.65. The van der Waals surface area contributed by atoms with E-state index >= 15 is 0 Å². The Kier molecular flexibility index (Phi) is 3.89. The summed E-state index contributed by atoms with van der Waals surface area (Å²) in [5.41, 5.74) is 1.80. The van der Waals surface area contributed by atoms with Crippen LogP contribution < -0.4 is 0 Å². The lowest BCUT2D eigenvalue weighted by molar-refractivity contribution is -0.0539. The monoisotopic (exact) mass is 295 g/mol. The minimum Gasteiger partial charge on any atom is -0.379 e. The lowest BCUT2D eigenvalue weighted by Gasteiger charge is -2.37. The molecule has 1 aromatic heterocycles. The van der Waals surface area contributed by atoms with Gasteiger partial charge in [-0.1, -0.05) is 16.8 Å². The largest absolute Gasteiger partial charge is 0.379 e. The molecule has 0 spiro atoms. The summed E-state index contributed by atoms with van der Waals surface area (Å²) in [6.45, 7) is 3.28. The number of hydrogen-bond donors (Lipinski definition) is 0. The summed E-state index contributed by atoms with van der Waals surface area (Å²) in [6, 6.07) is 5.68. The highest BCUT2D eigenvalue weighted by Gasteiger charge is 2.26. The molecular formula is C13H18ClN5O. The van der Waals surface area contributed by atoms with Crippen LogP contribution in [0.3, 0.4) is 0 Å². The van der Waals surface area contributed by atoms with Gasteiger partial charge < -0.3 is 4.74 Å². The Morgan fingerprint density at radius 1 is 1.30 bits per heavy atom. The molecule has 0 radical (unpaired) electrons. The highest BCUT2D eigenvalue weighted by molar-refractivity contribution is 6.31. The normalized spacial score (nSPS) is 18.8. The van der Waals surface area contributed by atoms with Gasteiger partial charge >= 0.3 is 0 Å². The van der Waals surface area contributed by atoms with E-state index in [0.717, 1.165) is 37.3 Å². The number of halogens is 1. The Bertz CT molecular complexity index is 593. The van der Waals surface area contributed by atoms with Gasteiger partial charge in [-0.3, -0.25) is 9.80 Å². The van der Waals surface area contributed by atoms with Gasteiger partial charge in [-0.2, -0.15) is 0 Å². The molecule has 0 amide bonds. The van der Waals surface area contributed by atoms with E-state index in [1.807, 2.05) is 37.0 Å². The molecule has 20 heavy (non-hydrogen) atoms. The van der Waals surface area contributed by atoms with Crippen LogP contribution in [0.25, 0.3) is 11.0 Å². The smallest absolute Gasteiger partial charge is 0.162 e. The Labute approximate surface area is 122 Å². The van der Waals surface area contributed by atoms with Crippen molar-refractivity contribution in [1.29, 1.82) is 0 Å². The molecule has 0 bridgehead atoms. The van der Waals surface area contributed by atoms with E-state index in [2.05, 4.69) is 20.1 Å². The summed E-state index contributed by atoms with van der Waals surface area (Å²) in [4.78, 5) is 4.47. The minimum atomic E-state index is 0.0325. The molecule has 2 heterocycles. The molecular weight excluding hydrogens is 278 g/mol. The first kappa shape index (κ1) is 13.8. The third-order valence-electron chi connectivity index (χ3n) is 3.49.